The van der Waals surface area contributed by atoms with Gasteiger partial charge in [0.25, 0.3) is 15.9 Å². The molecular weight excluding hydrogens is 476 g/mol. The Bertz CT molecular complexity index is 1370. The Morgan fingerprint density at radius 2 is 1.75 bits per heavy atom. The minimum Gasteiger partial charge on any atom is -0.496 e. The lowest BCUT2D eigenvalue weighted by molar-refractivity contribution is -0.128. The van der Waals surface area contributed by atoms with Crippen molar-refractivity contribution < 1.29 is 22.7 Å². The summed E-state index contributed by atoms with van der Waals surface area (Å²) in [6.07, 6.45) is -0.349. The van der Waals surface area contributed by atoms with Crippen molar-refractivity contribution in [3.8, 4) is 11.5 Å². The quantitative estimate of drug-likeness (QED) is 0.494. The second-order valence-electron chi connectivity index (χ2n) is 9.13. The average molecular weight is 509 g/mol. The minimum absolute atomic E-state index is 0.129. The number of nitrogens with one attached hydrogen (secondary N) is 1. The molecule has 0 unspecified atom stereocenters. The molecule has 0 spiro atoms. The fraction of sp³-hybridized carbons (Fsp3) is 0.321. The van der Waals surface area contributed by atoms with Gasteiger partial charge in [-0.3, -0.25) is 9.10 Å². The Hall–Kier alpha value is -3.52. The van der Waals surface area contributed by atoms with Crippen molar-refractivity contribution in [2.75, 3.05) is 18.0 Å². The molecule has 3 aromatic rings. The molecule has 0 aromatic heterocycles. The van der Waals surface area contributed by atoms with Crippen LogP contribution in [0, 0.1) is 20.8 Å². The molecule has 1 amide bonds. The third kappa shape index (κ3) is 5.04. The molecular formula is C28H32N2O5S. The smallest absolute Gasteiger partial charge is 0.264 e. The van der Waals surface area contributed by atoms with Crippen molar-refractivity contribution in [3.63, 3.8) is 0 Å². The van der Waals surface area contributed by atoms with Gasteiger partial charge in [0.15, 0.2) is 6.10 Å². The van der Waals surface area contributed by atoms with Crippen LogP contribution >= 0.6 is 0 Å². The zero-order chi connectivity index (χ0) is 26.0. The molecule has 36 heavy (non-hydrogen) atoms. The van der Waals surface area contributed by atoms with Crippen LogP contribution in [0.2, 0.25) is 0 Å². The molecule has 8 heteroatoms. The summed E-state index contributed by atoms with van der Waals surface area (Å²) in [6, 6.07) is 17.5. The molecule has 0 bridgehead atoms. The normalized spacial score (nSPS) is 16.0. The highest BCUT2D eigenvalue weighted by Gasteiger charge is 2.38. The lowest BCUT2D eigenvalue weighted by Crippen LogP contribution is -2.51. The van der Waals surface area contributed by atoms with E-state index in [1.165, 1.54) is 4.31 Å². The molecule has 0 saturated heterocycles. The molecule has 3 aromatic carbocycles. The Kier molecular flexibility index (Phi) is 7.26. The topological polar surface area (TPSA) is 84.9 Å². The first kappa shape index (κ1) is 25.6. The number of amides is 1. The van der Waals surface area contributed by atoms with E-state index in [1.807, 2.05) is 52.0 Å². The highest BCUT2D eigenvalue weighted by molar-refractivity contribution is 7.92. The number of hydrogen-bond donors (Lipinski definition) is 1. The number of rotatable bonds is 7. The maximum absolute atomic E-state index is 13.6. The lowest BCUT2D eigenvalue weighted by Gasteiger charge is -2.35. The maximum atomic E-state index is 13.6. The van der Waals surface area contributed by atoms with Crippen molar-refractivity contribution in [3.05, 3.63) is 82.9 Å². The molecule has 0 radical (unpaired) electrons. The van der Waals surface area contributed by atoms with Gasteiger partial charge in [-0.2, -0.15) is 0 Å². The Balaban J connectivity index is 1.64. The van der Waals surface area contributed by atoms with Gasteiger partial charge in [-0.05, 0) is 74.2 Å². The van der Waals surface area contributed by atoms with Crippen LogP contribution in [0.25, 0.3) is 0 Å². The van der Waals surface area contributed by atoms with Crippen molar-refractivity contribution in [2.24, 2.45) is 0 Å². The zero-order valence-corrected chi connectivity index (χ0v) is 22.1. The predicted octanol–water partition coefficient (Wildman–Crippen LogP) is 4.84. The van der Waals surface area contributed by atoms with Crippen LogP contribution in [0.5, 0.6) is 11.5 Å². The standard InChI is InChI=1S/C28H32N2O5S/c1-6-23(21-10-14-25(34-5)20(4)16-21)29-28(31)27-17-30(24-13-9-19(3)15-26(24)35-27)36(32,33)22-11-7-18(2)8-12-22/h7-16,23,27H,6,17H2,1-5H3,(H,29,31)/t23-,27+/m0/s1. The number of benzene rings is 3. The van der Waals surface area contributed by atoms with Gasteiger partial charge in [-0.1, -0.05) is 42.8 Å². The molecule has 1 heterocycles. The van der Waals surface area contributed by atoms with Gasteiger partial charge in [0.1, 0.15) is 11.5 Å². The molecule has 2 atom stereocenters. The maximum Gasteiger partial charge on any atom is 0.264 e. The fourth-order valence-corrected chi connectivity index (χ4v) is 5.84. The van der Waals surface area contributed by atoms with Crippen LogP contribution in [0.3, 0.4) is 0 Å². The van der Waals surface area contributed by atoms with Crippen LogP contribution in [0.1, 0.15) is 41.6 Å². The van der Waals surface area contributed by atoms with Crippen LogP contribution < -0.4 is 19.1 Å². The lowest BCUT2D eigenvalue weighted by atomic mass is 10.0. The first-order valence-corrected chi connectivity index (χ1v) is 13.4. The average Bonchev–Trinajstić information content (AvgIpc) is 2.86. The molecule has 0 aliphatic carbocycles. The molecule has 1 aliphatic heterocycles. The number of aryl methyl sites for hydroxylation is 3. The van der Waals surface area contributed by atoms with E-state index < -0.39 is 16.1 Å². The van der Waals surface area contributed by atoms with Gasteiger partial charge in [0.05, 0.1) is 30.3 Å². The van der Waals surface area contributed by atoms with Gasteiger partial charge in [0.2, 0.25) is 0 Å². The van der Waals surface area contributed by atoms with Crippen molar-refractivity contribution in [1.82, 2.24) is 5.32 Å². The molecule has 190 valence electrons. The summed E-state index contributed by atoms with van der Waals surface area (Å²) in [5.74, 6) is 0.775. The molecule has 4 rings (SSSR count). The highest BCUT2D eigenvalue weighted by atomic mass is 32.2. The summed E-state index contributed by atoms with van der Waals surface area (Å²) in [6.45, 7) is 7.60. The number of carbonyl (C=O) groups excluding carboxylic acids is 1. The largest absolute Gasteiger partial charge is 0.496 e. The van der Waals surface area contributed by atoms with Gasteiger partial charge in [-0.25, -0.2) is 8.42 Å². The van der Waals surface area contributed by atoms with E-state index in [1.54, 1.807) is 43.5 Å². The van der Waals surface area contributed by atoms with Gasteiger partial charge >= 0.3 is 0 Å². The number of methoxy groups -OCH3 is 1. The number of nitrogens with zero attached hydrogens (tertiary/aromatic N) is 1. The Labute approximate surface area is 213 Å². The third-order valence-electron chi connectivity index (χ3n) is 6.43. The molecule has 1 N–H and O–H groups in total. The molecule has 7 nitrogen and oxygen atoms in total. The fourth-order valence-electron chi connectivity index (χ4n) is 4.37. The van der Waals surface area contributed by atoms with Gasteiger partial charge in [-0.15, -0.1) is 0 Å². The summed E-state index contributed by atoms with van der Waals surface area (Å²) in [5.41, 5.74) is 4.20. The number of sulfonamides is 1. The van der Waals surface area contributed by atoms with Crippen molar-refractivity contribution >= 4 is 21.6 Å². The Morgan fingerprint density at radius 1 is 1.06 bits per heavy atom. The van der Waals surface area contributed by atoms with Crippen molar-refractivity contribution in [1.29, 1.82) is 0 Å². The first-order valence-electron chi connectivity index (χ1n) is 12.0. The van der Waals surface area contributed by atoms with Gasteiger partial charge in [0, 0.05) is 0 Å². The molecule has 0 fully saturated rings. The van der Waals surface area contributed by atoms with E-state index in [4.69, 9.17) is 9.47 Å². The summed E-state index contributed by atoms with van der Waals surface area (Å²) in [4.78, 5) is 13.6. The number of carbonyl (C=O) groups is 1. The molecule has 0 saturated carbocycles. The summed E-state index contributed by atoms with van der Waals surface area (Å²) >= 11 is 0. The second kappa shape index (κ2) is 10.2. The number of hydrogen-bond acceptors (Lipinski definition) is 5. The van der Waals surface area contributed by atoms with E-state index >= 15 is 0 Å². The van der Waals surface area contributed by atoms with E-state index in [-0.39, 0.29) is 23.4 Å². The summed E-state index contributed by atoms with van der Waals surface area (Å²) in [7, 11) is -2.29. The van der Waals surface area contributed by atoms with Crippen LogP contribution in [0.15, 0.2) is 65.6 Å². The third-order valence-corrected chi connectivity index (χ3v) is 8.23. The monoisotopic (exact) mass is 508 g/mol. The number of anilines is 1. The van der Waals surface area contributed by atoms with Crippen LogP contribution in [0.4, 0.5) is 5.69 Å². The second-order valence-corrected chi connectivity index (χ2v) is 11.0. The SMILES string of the molecule is CC[C@H](NC(=O)[C@H]1CN(S(=O)(=O)c2ccc(C)cc2)c2ccc(C)cc2O1)c1ccc(OC)c(C)c1. The zero-order valence-electron chi connectivity index (χ0n) is 21.2. The van der Waals surface area contributed by atoms with Crippen LogP contribution in [-0.4, -0.2) is 34.1 Å². The minimum atomic E-state index is -3.91. The van der Waals surface area contributed by atoms with Crippen molar-refractivity contribution in [2.45, 2.75) is 51.2 Å². The first-order chi connectivity index (χ1) is 17.1. The number of ether oxygens (including phenoxy) is 2. The van der Waals surface area contributed by atoms with Gasteiger partial charge < -0.3 is 14.8 Å². The van der Waals surface area contributed by atoms with E-state index in [9.17, 15) is 13.2 Å². The van der Waals surface area contributed by atoms with E-state index in [2.05, 4.69) is 5.32 Å². The van der Waals surface area contributed by atoms with E-state index in [0.717, 1.165) is 28.0 Å². The highest BCUT2D eigenvalue weighted by Crippen LogP contribution is 2.38. The van der Waals surface area contributed by atoms with E-state index in [0.29, 0.717) is 17.9 Å². The molecule has 1 aliphatic rings. The predicted molar refractivity (Wildman–Crippen MR) is 140 cm³/mol. The summed E-state index contributed by atoms with van der Waals surface area (Å²) < 4.78 is 40.0. The Morgan fingerprint density at radius 3 is 2.39 bits per heavy atom. The van der Waals surface area contributed by atoms with Crippen LogP contribution in [-0.2, 0) is 14.8 Å². The summed E-state index contributed by atoms with van der Waals surface area (Å²) in [5, 5.41) is 3.06. The number of fused-ring (bicyclic) bond motifs is 1.